The molecule has 1 atom stereocenters. The van der Waals surface area contributed by atoms with E-state index in [0.29, 0.717) is 25.6 Å². The number of ether oxygens (including phenoxy) is 3. The summed E-state index contributed by atoms with van der Waals surface area (Å²) in [6, 6.07) is 15.4. The van der Waals surface area contributed by atoms with Gasteiger partial charge in [0.2, 0.25) is 0 Å². The number of amides is 1. The summed E-state index contributed by atoms with van der Waals surface area (Å²) in [6.07, 6.45) is -0.0207. The zero-order valence-electron chi connectivity index (χ0n) is 19.0. The molecule has 168 valence electrons. The molecule has 0 radical (unpaired) electrons. The van der Waals surface area contributed by atoms with Crippen LogP contribution in [0.5, 0.6) is 11.5 Å². The second-order valence-corrected chi connectivity index (χ2v) is 8.42. The van der Waals surface area contributed by atoms with Crippen LogP contribution in [0, 0.1) is 5.92 Å². The largest absolute Gasteiger partial charge is 0.497 e. The number of hydrogen-bond acceptors (Lipinski definition) is 5. The SMILES string of the molecule is COc1cc(CN2CCOC(CN(CC(C)C)C(=O)c3ccccc3)C2)cc(OC)c1. The number of carbonyl (C=O) groups excluding carboxylic acids is 1. The van der Waals surface area contributed by atoms with Gasteiger partial charge in [0.25, 0.3) is 5.91 Å². The van der Waals surface area contributed by atoms with Crippen LogP contribution in [0.15, 0.2) is 48.5 Å². The summed E-state index contributed by atoms with van der Waals surface area (Å²) >= 11 is 0. The van der Waals surface area contributed by atoms with Crippen LogP contribution in [0.4, 0.5) is 0 Å². The van der Waals surface area contributed by atoms with E-state index < -0.39 is 0 Å². The Labute approximate surface area is 185 Å². The molecule has 2 aromatic carbocycles. The molecule has 0 aromatic heterocycles. The van der Waals surface area contributed by atoms with Gasteiger partial charge in [0.1, 0.15) is 11.5 Å². The van der Waals surface area contributed by atoms with Crippen LogP contribution in [0.3, 0.4) is 0 Å². The fourth-order valence-corrected chi connectivity index (χ4v) is 3.94. The van der Waals surface area contributed by atoms with E-state index in [1.165, 1.54) is 0 Å². The lowest BCUT2D eigenvalue weighted by Crippen LogP contribution is -2.49. The maximum absolute atomic E-state index is 13.1. The van der Waals surface area contributed by atoms with Gasteiger partial charge in [-0.1, -0.05) is 32.0 Å². The molecule has 1 unspecified atom stereocenters. The number of carbonyl (C=O) groups is 1. The normalized spacial score (nSPS) is 16.9. The molecule has 1 amide bonds. The minimum atomic E-state index is -0.0207. The molecule has 6 heteroatoms. The van der Waals surface area contributed by atoms with E-state index in [2.05, 4.69) is 18.7 Å². The van der Waals surface area contributed by atoms with Crippen molar-refractivity contribution < 1.29 is 19.0 Å². The molecule has 31 heavy (non-hydrogen) atoms. The lowest BCUT2D eigenvalue weighted by molar-refractivity contribution is -0.0438. The highest BCUT2D eigenvalue weighted by atomic mass is 16.5. The third kappa shape index (κ3) is 6.71. The average molecular weight is 427 g/mol. The lowest BCUT2D eigenvalue weighted by Gasteiger charge is -2.36. The van der Waals surface area contributed by atoms with E-state index in [-0.39, 0.29) is 12.0 Å². The van der Waals surface area contributed by atoms with Gasteiger partial charge in [-0.05, 0) is 35.7 Å². The molecule has 0 spiro atoms. The van der Waals surface area contributed by atoms with E-state index in [1.807, 2.05) is 53.4 Å². The smallest absolute Gasteiger partial charge is 0.253 e. The molecule has 0 aliphatic carbocycles. The monoisotopic (exact) mass is 426 g/mol. The third-order valence-electron chi connectivity index (χ3n) is 5.36. The van der Waals surface area contributed by atoms with Crippen LogP contribution >= 0.6 is 0 Å². The van der Waals surface area contributed by atoms with Crippen molar-refractivity contribution in [2.45, 2.75) is 26.5 Å². The summed E-state index contributed by atoms with van der Waals surface area (Å²) in [5.74, 6) is 2.02. The number of hydrogen-bond donors (Lipinski definition) is 0. The first kappa shape index (κ1) is 23.1. The van der Waals surface area contributed by atoms with Crippen molar-refractivity contribution in [1.29, 1.82) is 0 Å². The lowest BCUT2D eigenvalue weighted by atomic mass is 10.1. The summed E-state index contributed by atoms with van der Waals surface area (Å²) < 4.78 is 16.8. The summed E-state index contributed by atoms with van der Waals surface area (Å²) in [6.45, 7) is 8.63. The van der Waals surface area contributed by atoms with Gasteiger partial charge in [0.15, 0.2) is 0 Å². The van der Waals surface area contributed by atoms with Crippen molar-refractivity contribution in [2.75, 3.05) is 47.0 Å². The van der Waals surface area contributed by atoms with Crippen LogP contribution in [-0.4, -0.2) is 68.8 Å². The highest BCUT2D eigenvalue weighted by molar-refractivity contribution is 5.94. The molecule has 1 aliphatic heterocycles. The number of nitrogens with zero attached hydrogens (tertiary/aromatic N) is 2. The molecular weight excluding hydrogens is 392 g/mol. The van der Waals surface area contributed by atoms with Gasteiger partial charge < -0.3 is 19.1 Å². The Balaban J connectivity index is 1.66. The Bertz CT molecular complexity index is 818. The van der Waals surface area contributed by atoms with E-state index in [4.69, 9.17) is 14.2 Å². The van der Waals surface area contributed by atoms with Crippen LogP contribution in [0.25, 0.3) is 0 Å². The quantitative estimate of drug-likeness (QED) is 0.612. The van der Waals surface area contributed by atoms with Crippen LogP contribution < -0.4 is 9.47 Å². The Morgan fingerprint density at radius 2 is 1.81 bits per heavy atom. The zero-order chi connectivity index (χ0) is 22.2. The van der Waals surface area contributed by atoms with Gasteiger partial charge in [-0.3, -0.25) is 9.69 Å². The maximum atomic E-state index is 13.1. The molecule has 0 saturated carbocycles. The van der Waals surface area contributed by atoms with Gasteiger partial charge in [0.05, 0.1) is 26.9 Å². The van der Waals surface area contributed by atoms with Crippen molar-refractivity contribution in [3.8, 4) is 11.5 Å². The first-order valence-corrected chi connectivity index (χ1v) is 10.9. The molecule has 1 fully saturated rings. The predicted octanol–water partition coefficient (Wildman–Crippen LogP) is 3.70. The second kappa shape index (κ2) is 11.2. The first-order valence-electron chi connectivity index (χ1n) is 10.9. The van der Waals surface area contributed by atoms with Crippen LogP contribution in [-0.2, 0) is 11.3 Å². The third-order valence-corrected chi connectivity index (χ3v) is 5.36. The minimum absolute atomic E-state index is 0.0207. The molecule has 1 aliphatic rings. The molecule has 3 rings (SSSR count). The van der Waals surface area contributed by atoms with Gasteiger partial charge in [-0.15, -0.1) is 0 Å². The van der Waals surface area contributed by atoms with Crippen molar-refractivity contribution in [1.82, 2.24) is 9.80 Å². The van der Waals surface area contributed by atoms with E-state index in [0.717, 1.165) is 42.3 Å². The molecule has 1 saturated heterocycles. The Morgan fingerprint density at radius 3 is 2.42 bits per heavy atom. The van der Waals surface area contributed by atoms with Gasteiger partial charge in [-0.25, -0.2) is 0 Å². The summed E-state index contributed by atoms with van der Waals surface area (Å²) in [5, 5.41) is 0. The van der Waals surface area contributed by atoms with E-state index in [1.54, 1.807) is 14.2 Å². The first-order chi connectivity index (χ1) is 15.0. The fourth-order valence-electron chi connectivity index (χ4n) is 3.94. The van der Waals surface area contributed by atoms with Crippen LogP contribution in [0.1, 0.15) is 29.8 Å². The molecule has 1 heterocycles. The highest BCUT2D eigenvalue weighted by Crippen LogP contribution is 2.24. The zero-order valence-corrected chi connectivity index (χ0v) is 19.0. The van der Waals surface area contributed by atoms with E-state index in [9.17, 15) is 4.79 Å². The topological polar surface area (TPSA) is 51.2 Å². The van der Waals surface area contributed by atoms with Gasteiger partial charge in [-0.2, -0.15) is 0 Å². The van der Waals surface area contributed by atoms with E-state index >= 15 is 0 Å². The van der Waals surface area contributed by atoms with Crippen molar-refractivity contribution >= 4 is 5.91 Å². The van der Waals surface area contributed by atoms with Gasteiger partial charge in [0, 0.05) is 44.4 Å². The molecule has 6 nitrogen and oxygen atoms in total. The highest BCUT2D eigenvalue weighted by Gasteiger charge is 2.26. The molecule has 0 bridgehead atoms. The number of morpholine rings is 1. The molecule has 2 aromatic rings. The number of rotatable bonds is 9. The maximum Gasteiger partial charge on any atom is 0.253 e. The second-order valence-electron chi connectivity index (χ2n) is 8.42. The van der Waals surface area contributed by atoms with Gasteiger partial charge >= 0.3 is 0 Å². The fraction of sp³-hybridized carbons (Fsp3) is 0.480. The minimum Gasteiger partial charge on any atom is -0.497 e. The number of benzene rings is 2. The van der Waals surface area contributed by atoms with Crippen molar-refractivity contribution in [2.24, 2.45) is 5.92 Å². The number of methoxy groups -OCH3 is 2. The molecule has 0 N–H and O–H groups in total. The Hall–Kier alpha value is -2.57. The average Bonchev–Trinajstić information content (AvgIpc) is 2.78. The van der Waals surface area contributed by atoms with Crippen molar-refractivity contribution in [3.05, 3.63) is 59.7 Å². The van der Waals surface area contributed by atoms with Crippen molar-refractivity contribution in [3.63, 3.8) is 0 Å². The predicted molar refractivity (Wildman–Crippen MR) is 122 cm³/mol. The Kier molecular flexibility index (Phi) is 8.32. The summed E-state index contributed by atoms with van der Waals surface area (Å²) in [5.41, 5.74) is 1.86. The molecular formula is C25H34N2O4. The Morgan fingerprint density at radius 1 is 1.13 bits per heavy atom. The summed E-state index contributed by atoms with van der Waals surface area (Å²) in [7, 11) is 3.33. The van der Waals surface area contributed by atoms with Crippen LogP contribution in [0.2, 0.25) is 0 Å². The standard InChI is InChI=1S/C25H34N2O4/c1-19(2)15-27(25(28)21-8-6-5-7-9-21)18-24-17-26(10-11-31-24)16-20-12-22(29-3)14-23(13-20)30-4/h5-9,12-14,19,24H,10-11,15-18H2,1-4H3. The summed E-state index contributed by atoms with van der Waals surface area (Å²) in [4.78, 5) is 17.4.